The maximum atomic E-state index is 14.8. The Morgan fingerprint density at radius 1 is 1.57 bits per heavy atom. The van der Waals surface area contributed by atoms with Gasteiger partial charge < -0.3 is 21.7 Å². The van der Waals surface area contributed by atoms with Crippen molar-refractivity contribution >= 4 is 23.5 Å². The monoisotopic (exact) mass is 318 g/mol. The molecule has 122 valence electrons. The number of aromatic nitrogens is 1. The molecule has 0 bridgehead atoms. The van der Waals surface area contributed by atoms with Crippen LogP contribution in [0.3, 0.4) is 0 Å². The lowest BCUT2D eigenvalue weighted by atomic mass is 10.0. The van der Waals surface area contributed by atoms with Crippen LogP contribution >= 0.6 is 0 Å². The third-order valence-electron chi connectivity index (χ3n) is 4.12. The third-order valence-corrected chi connectivity index (χ3v) is 4.12. The number of anilines is 1. The summed E-state index contributed by atoms with van der Waals surface area (Å²) in [7, 11) is 1.59. The van der Waals surface area contributed by atoms with Gasteiger partial charge in [-0.25, -0.2) is 9.37 Å². The van der Waals surface area contributed by atoms with Gasteiger partial charge in [0.1, 0.15) is 0 Å². The lowest BCUT2D eigenvalue weighted by Gasteiger charge is -2.20. The summed E-state index contributed by atoms with van der Waals surface area (Å²) < 4.78 is 14.8. The van der Waals surface area contributed by atoms with Crippen LogP contribution in [0, 0.1) is 5.82 Å². The number of aliphatic imine (C=N–C) groups is 1. The second-order valence-corrected chi connectivity index (χ2v) is 5.64. The first-order chi connectivity index (χ1) is 11.1. The molecule has 3 rings (SSSR count). The Morgan fingerprint density at radius 2 is 2.35 bits per heavy atom. The molecule has 1 saturated heterocycles. The number of pyridine rings is 1. The predicted octanol–water partition coefficient (Wildman–Crippen LogP) is 0.00170. The van der Waals surface area contributed by atoms with Gasteiger partial charge in [0.2, 0.25) is 0 Å². The summed E-state index contributed by atoms with van der Waals surface area (Å²) in [6.07, 6.45) is 3.60. The number of hydrogen-bond acceptors (Lipinski definition) is 6. The molecule has 1 amide bonds. The number of carbonyl (C=O) groups excluding carboxylic acids is 1. The van der Waals surface area contributed by atoms with E-state index in [1.165, 1.54) is 12.4 Å². The van der Waals surface area contributed by atoms with E-state index in [1.54, 1.807) is 7.05 Å². The summed E-state index contributed by atoms with van der Waals surface area (Å²) in [5.74, 6) is -0.608. The number of nitrogens with zero attached hydrogens (tertiary/aromatic N) is 3. The Morgan fingerprint density at radius 3 is 2.96 bits per heavy atom. The van der Waals surface area contributed by atoms with Crippen molar-refractivity contribution in [2.75, 3.05) is 25.0 Å². The van der Waals surface area contributed by atoms with Gasteiger partial charge >= 0.3 is 0 Å². The van der Waals surface area contributed by atoms with E-state index in [0.717, 1.165) is 6.42 Å². The predicted molar refractivity (Wildman–Crippen MR) is 86.8 cm³/mol. The molecular formula is C15H19FN6O. The first-order valence-corrected chi connectivity index (χ1v) is 7.42. The normalized spacial score (nSPS) is 21.2. The summed E-state index contributed by atoms with van der Waals surface area (Å²) >= 11 is 0. The van der Waals surface area contributed by atoms with Crippen LogP contribution in [0.25, 0.3) is 5.57 Å². The van der Waals surface area contributed by atoms with Crippen molar-refractivity contribution in [1.82, 2.24) is 10.3 Å². The van der Waals surface area contributed by atoms with E-state index >= 15 is 0 Å². The van der Waals surface area contributed by atoms with Crippen LogP contribution in [0.1, 0.15) is 28.0 Å². The number of fused-ring (bicyclic) bond motifs is 1. The zero-order valence-electron chi connectivity index (χ0n) is 12.8. The molecule has 7 nitrogen and oxygen atoms in total. The van der Waals surface area contributed by atoms with E-state index in [9.17, 15) is 9.18 Å². The summed E-state index contributed by atoms with van der Waals surface area (Å²) in [5, 5.41) is 2.64. The number of rotatable bonds is 3. The summed E-state index contributed by atoms with van der Waals surface area (Å²) in [4.78, 5) is 22.2. The van der Waals surface area contributed by atoms with Gasteiger partial charge in [-0.15, -0.1) is 0 Å². The van der Waals surface area contributed by atoms with Gasteiger partial charge in [-0.05, 0) is 6.42 Å². The molecule has 1 aromatic rings. The van der Waals surface area contributed by atoms with Crippen molar-refractivity contribution in [1.29, 1.82) is 0 Å². The fourth-order valence-corrected chi connectivity index (χ4v) is 2.99. The van der Waals surface area contributed by atoms with Crippen LogP contribution in [0.4, 0.5) is 10.2 Å². The molecule has 0 aromatic carbocycles. The first kappa shape index (κ1) is 15.4. The Balaban J connectivity index is 2.18. The second-order valence-electron chi connectivity index (χ2n) is 5.64. The van der Waals surface area contributed by atoms with Gasteiger partial charge in [-0.2, -0.15) is 0 Å². The quantitative estimate of drug-likeness (QED) is 0.680. The van der Waals surface area contributed by atoms with Gasteiger partial charge in [0.25, 0.3) is 5.91 Å². The topological polar surface area (TPSA) is 110 Å². The summed E-state index contributed by atoms with van der Waals surface area (Å²) in [6.45, 7) is 1.31. The number of carbonyl (C=O) groups is 1. The highest BCUT2D eigenvalue weighted by Gasteiger charge is 2.33. The van der Waals surface area contributed by atoms with Crippen LogP contribution in [-0.4, -0.2) is 43.3 Å². The number of nitrogens with one attached hydrogen (secondary N) is 1. The maximum absolute atomic E-state index is 14.8. The molecule has 0 saturated carbocycles. The van der Waals surface area contributed by atoms with Crippen molar-refractivity contribution in [2.24, 2.45) is 16.5 Å². The van der Waals surface area contributed by atoms with Gasteiger partial charge in [-0.3, -0.25) is 9.79 Å². The molecule has 5 N–H and O–H groups in total. The highest BCUT2D eigenvalue weighted by atomic mass is 19.1. The minimum absolute atomic E-state index is 0.00520. The van der Waals surface area contributed by atoms with Gasteiger partial charge in [-0.1, -0.05) is 0 Å². The minimum Gasteiger partial charge on any atom is -0.404 e. The number of allylic oxidation sites excluding steroid dienone is 1. The van der Waals surface area contributed by atoms with Crippen LogP contribution in [0.15, 0.2) is 11.2 Å². The van der Waals surface area contributed by atoms with Crippen molar-refractivity contribution in [2.45, 2.75) is 19.0 Å². The number of halogens is 1. The van der Waals surface area contributed by atoms with Gasteiger partial charge in [0.15, 0.2) is 11.6 Å². The summed E-state index contributed by atoms with van der Waals surface area (Å²) in [6, 6.07) is -0.00520. The molecule has 1 atom stereocenters. The minimum atomic E-state index is -0.471. The third kappa shape index (κ3) is 2.55. The average molecular weight is 318 g/mol. The molecule has 8 heteroatoms. The summed E-state index contributed by atoms with van der Waals surface area (Å²) in [5.41, 5.74) is 12.9. The van der Waals surface area contributed by atoms with Gasteiger partial charge in [0, 0.05) is 56.3 Å². The van der Waals surface area contributed by atoms with E-state index < -0.39 is 5.82 Å². The van der Waals surface area contributed by atoms with Crippen molar-refractivity contribution < 1.29 is 9.18 Å². The molecular weight excluding hydrogens is 299 g/mol. The molecule has 1 aromatic heterocycles. The Bertz CT molecular complexity index is 714. The fourth-order valence-electron chi connectivity index (χ4n) is 2.99. The number of amides is 1. The molecule has 2 aliphatic rings. The van der Waals surface area contributed by atoms with Crippen LogP contribution in [0.2, 0.25) is 0 Å². The molecule has 0 spiro atoms. The highest BCUT2D eigenvalue weighted by Crippen LogP contribution is 2.32. The van der Waals surface area contributed by atoms with E-state index in [1.807, 2.05) is 4.90 Å². The largest absolute Gasteiger partial charge is 0.404 e. The molecule has 3 heterocycles. The Hall–Kier alpha value is -2.48. The zero-order valence-corrected chi connectivity index (χ0v) is 12.8. The number of nitrogens with two attached hydrogens (primary N) is 2. The smallest absolute Gasteiger partial charge is 0.254 e. The lowest BCUT2D eigenvalue weighted by Crippen LogP contribution is -2.28. The Kier molecular flexibility index (Phi) is 3.99. The molecule has 0 aliphatic carbocycles. The molecule has 23 heavy (non-hydrogen) atoms. The maximum Gasteiger partial charge on any atom is 0.254 e. The SMILES string of the molecule is CN=CC(=CN)c1nc(N2CCC(N)C2)c(F)c2c1C(=O)NC2. The van der Waals surface area contributed by atoms with Crippen molar-refractivity contribution in [3.63, 3.8) is 0 Å². The number of hydrogen-bond donors (Lipinski definition) is 3. The second kappa shape index (κ2) is 5.96. The van der Waals surface area contributed by atoms with E-state index in [0.29, 0.717) is 29.9 Å². The van der Waals surface area contributed by atoms with Crippen LogP contribution in [-0.2, 0) is 6.54 Å². The highest BCUT2D eigenvalue weighted by molar-refractivity contribution is 6.14. The Labute approximate surface area is 133 Å². The van der Waals surface area contributed by atoms with Crippen LogP contribution < -0.4 is 21.7 Å². The van der Waals surface area contributed by atoms with E-state index in [4.69, 9.17) is 11.5 Å². The van der Waals surface area contributed by atoms with E-state index in [2.05, 4.69) is 15.3 Å². The fraction of sp³-hybridized carbons (Fsp3) is 0.400. The first-order valence-electron chi connectivity index (χ1n) is 7.42. The van der Waals surface area contributed by atoms with Crippen molar-refractivity contribution in [3.8, 4) is 0 Å². The van der Waals surface area contributed by atoms with E-state index in [-0.39, 0.29) is 29.9 Å². The van der Waals surface area contributed by atoms with Crippen molar-refractivity contribution in [3.05, 3.63) is 28.8 Å². The standard InChI is InChI=1S/C15H19FN6O/c1-19-5-8(4-17)13-11-10(6-20-15(11)23)12(16)14(21-13)22-3-2-9(18)7-22/h4-5,9H,2-3,6-7,17-18H2,1H3,(H,20,23). The molecule has 1 fully saturated rings. The van der Waals surface area contributed by atoms with Crippen LogP contribution in [0.5, 0.6) is 0 Å². The zero-order chi connectivity index (χ0) is 16.6. The molecule has 0 radical (unpaired) electrons. The lowest BCUT2D eigenvalue weighted by molar-refractivity contribution is 0.0965. The molecule has 1 unspecified atom stereocenters. The van der Waals surface area contributed by atoms with Gasteiger partial charge in [0.05, 0.1) is 11.3 Å². The average Bonchev–Trinajstić information content (AvgIpc) is 3.13. The molecule has 2 aliphatic heterocycles.